The Labute approximate surface area is 271 Å². The number of carbonyl (C=O) groups is 5. The second-order valence-electron chi connectivity index (χ2n) is 12.8. The van der Waals surface area contributed by atoms with Crippen LogP contribution >= 0.6 is 0 Å². The highest BCUT2D eigenvalue weighted by atomic mass is 16.6. The number of hydrogen-bond donors (Lipinski definition) is 4. The molecule has 0 aliphatic heterocycles. The van der Waals surface area contributed by atoms with Crippen molar-refractivity contribution in [1.82, 2.24) is 25.5 Å². The number of anilines is 1. The summed E-state index contributed by atoms with van der Waals surface area (Å²) in [7, 11) is 0. The fourth-order valence-corrected chi connectivity index (χ4v) is 6.70. The van der Waals surface area contributed by atoms with Crippen molar-refractivity contribution >= 4 is 40.8 Å². The summed E-state index contributed by atoms with van der Waals surface area (Å²) in [4.78, 5) is 90.7. The van der Waals surface area contributed by atoms with Gasteiger partial charge in [0.15, 0.2) is 0 Å². The average molecular weight is 652 g/mol. The van der Waals surface area contributed by atoms with Crippen molar-refractivity contribution < 1.29 is 28.9 Å². The van der Waals surface area contributed by atoms with Gasteiger partial charge in [-0.3, -0.25) is 43.9 Å². The van der Waals surface area contributed by atoms with Crippen molar-refractivity contribution in [3.05, 3.63) is 62.8 Å². The van der Waals surface area contributed by atoms with E-state index in [2.05, 4.69) is 33.2 Å². The van der Waals surface area contributed by atoms with E-state index in [0.29, 0.717) is 18.4 Å². The number of amides is 4. The smallest absolute Gasteiger partial charge is 0.288 e. The van der Waals surface area contributed by atoms with Crippen LogP contribution in [0.25, 0.3) is 0 Å². The third-order valence-corrected chi connectivity index (χ3v) is 8.83. The minimum absolute atomic E-state index is 0.00320. The van der Waals surface area contributed by atoms with Crippen molar-refractivity contribution in [3.8, 4) is 0 Å². The number of nitro groups is 1. The molecule has 3 unspecified atom stereocenters. The third-order valence-electron chi connectivity index (χ3n) is 8.83. The van der Waals surface area contributed by atoms with Crippen molar-refractivity contribution in [2.24, 2.45) is 17.3 Å². The number of likely N-dealkylation sites (N-methyl/N-ethyl adjacent to an activating group) is 1. The molecule has 2 aliphatic carbocycles. The van der Waals surface area contributed by atoms with Gasteiger partial charge in [0.2, 0.25) is 17.6 Å². The number of rotatable bonds is 14. The van der Waals surface area contributed by atoms with Gasteiger partial charge in [-0.2, -0.15) is 0 Å². The van der Waals surface area contributed by atoms with E-state index in [-0.39, 0.29) is 42.1 Å². The van der Waals surface area contributed by atoms with Gasteiger partial charge in [0.25, 0.3) is 23.1 Å². The molecule has 15 nitrogen and oxygen atoms in total. The van der Waals surface area contributed by atoms with E-state index in [1.807, 2.05) is 0 Å². The lowest BCUT2D eigenvalue weighted by molar-refractivity contribution is -0.385. The van der Waals surface area contributed by atoms with E-state index in [0.717, 1.165) is 35.9 Å². The summed E-state index contributed by atoms with van der Waals surface area (Å²) in [6, 6.07) is 2.36. The maximum Gasteiger partial charge on any atom is 0.288 e. The molecule has 0 radical (unpaired) electrons. The summed E-state index contributed by atoms with van der Waals surface area (Å²) < 4.78 is 1.16. The van der Waals surface area contributed by atoms with E-state index in [1.54, 1.807) is 6.92 Å². The molecular weight excluding hydrogens is 610 g/mol. The SMILES string of the molecule is CCNC(=O)C(=O)CCC(NC(=O)c1cncc([N+](=O)[O-])c1)C(=O)Nc1cccn(CC(=O)NCC2(C)CC3CCCC(C3)C2)c1=O. The van der Waals surface area contributed by atoms with Crippen LogP contribution in [-0.4, -0.2) is 63.0 Å². The molecule has 0 saturated heterocycles. The number of nitrogens with zero attached hydrogens (tertiary/aromatic N) is 3. The van der Waals surface area contributed by atoms with Crippen molar-refractivity contribution in [2.75, 3.05) is 18.4 Å². The molecule has 2 bridgehead atoms. The quantitative estimate of drug-likeness (QED) is 0.134. The Balaban J connectivity index is 1.43. The lowest BCUT2D eigenvalue weighted by Gasteiger charge is -2.45. The number of nitrogens with one attached hydrogen (secondary N) is 4. The standard InChI is InChI=1S/C32H41N7O8/c1-3-34-30(44)26(40)10-9-24(36-28(42)22-13-23(39(46)47)17-33-16-22)29(43)37-25-8-5-11-38(31(25)45)18-27(41)35-19-32(2)14-20-6-4-7-21(12-20)15-32/h5,8,11,13,16-17,20-21,24H,3-4,6-7,9-10,12,14-15,18-19H2,1-2H3,(H,34,44)(H,35,41)(H,36,42)(H,37,43). The Hall–Kier alpha value is -4.95. The molecule has 47 heavy (non-hydrogen) atoms. The lowest BCUT2D eigenvalue weighted by atomic mass is 9.61. The molecule has 2 fully saturated rings. The highest BCUT2D eigenvalue weighted by molar-refractivity contribution is 6.36. The monoisotopic (exact) mass is 651 g/mol. The first-order chi connectivity index (χ1) is 22.4. The van der Waals surface area contributed by atoms with Gasteiger partial charge in [-0.15, -0.1) is 0 Å². The number of aromatic nitrogens is 2. The maximum atomic E-state index is 13.4. The molecule has 2 aliphatic rings. The van der Waals surface area contributed by atoms with Crippen molar-refractivity contribution in [3.63, 3.8) is 0 Å². The largest absolute Gasteiger partial charge is 0.354 e. The van der Waals surface area contributed by atoms with Crippen LogP contribution < -0.4 is 26.8 Å². The van der Waals surface area contributed by atoms with Crippen LogP contribution in [0.3, 0.4) is 0 Å². The molecular formula is C32H41N7O8. The lowest BCUT2D eigenvalue weighted by Crippen LogP contribution is -2.45. The molecule has 2 heterocycles. The Kier molecular flexibility index (Phi) is 11.6. The minimum Gasteiger partial charge on any atom is -0.354 e. The van der Waals surface area contributed by atoms with Gasteiger partial charge in [-0.1, -0.05) is 26.2 Å². The number of fused-ring (bicyclic) bond motifs is 2. The van der Waals surface area contributed by atoms with Gasteiger partial charge < -0.3 is 25.8 Å². The highest BCUT2D eigenvalue weighted by Gasteiger charge is 2.39. The molecule has 4 N–H and O–H groups in total. The number of hydrogen-bond acceptors (Lipinski definition) is 9. The molecule has 2 aromatic heterocycles. The summed E-state index contributed by atoms with van der Waals surface area (Å²) in [6.45, 7) is 4.29. The third kappa shape index (κ3) is 9.53. The molecule has 2 saturated carbocycles. The topological polar surface area (TPSA) is 212 Å². The zero-order valence-electron chi connectivity index (χ0n) is 26.6. The second kappa shape index (κ2) is 15.6. The Morgan fingerprint density at radius 2 is 1.85 bits per heavy atom. The number of ketones is 1. The van der Waals surface area contributed by atoms with Gasteiger partial charge in [0.1, 0.15) is 24.5 Å². The molecule has 4 amide bonds. The summed E-state index contributed by atoms with van der Waals surface area (Å²) in [5.74, 6) is -2.42. The molecule has 0 spiro atoms. The normalized spacial score (nSPS) is 20.7. The molecule has 2 aromatic rings. The molecule has 0 aromatic carbocycles. The van der Waals surface area contributed by atoms with Crippen LogP contribution in [-0.2, 0) is 25.7 Å². The highest BCUT2D eigenvalue weighted by Crippen LogP contribution is 2.48. The van der Waals surface area contributed by atoms with Crippen LogP contribution in [0.1, 0.15) is 75.6 Å². The fraction of sp³-hybridized carbons (Fsp3) is 0.531. The number of Topliss-reactive ketones (excluding diaryl/α,β-unsaturated/α-hetero) is 1. The fourth-order valence-electron chi connectivity index (χ4n) is 6.70. The van der Waals surface area contributed by atoms with E-state index in [9.17, 15) is 38.9 Å². The first-order valence-corrected chi connectivity index (χ1v) is 15.9. The van der Waals surface area contributed by atoms with Gasteiger partial charge in [0.05, 0.1) is 10.5 Å². The van der Waals surface area contributed by atoms with E-state index in [4.69, 9.17) is 0 Å². The zero-order chi connectivity index (χ0) is 34.1. The van der Waals surface area contributed by atoms with E-state index >= 15 is 0 Å². The maximum absolute atomic E-state index is 13.4. The van der Waals surface area contributed by atoms with Crippen LogP contribution in [0.5, 0.6) is 0 Å². The van der Waals surface area contributed by atoms with Crippen LogP contribution in [0, 0.1) is 27.4 Å². The Morgan fingerprint density at radius 1 is 1.13 bits per heavy atom. The predicted octanol–water partition coefficient (Wildman–Crippen LogP) is 2.10. The van der Waals surface area contributed by atoms with Gasteiger partial charge >= 0.3 is 0 Å². The number of carbonyl (C=O) groups excluding carboxylic acids is 5. The summed E-state index contributed by atoms with van der Waals surface area (Å²) in [5.41, 5.74) is -1.51. The number of pyridine rings is 2. The van der Waals surface area contributed by atoms with Crippen LogP contribution in [0.15, 0.2) is 41.6 Å². The van der Waals surface area contributed by atoms with Crippen LogP contribution in [0.4, 0.5) is 11.4 Å². The molecule has 252 valence electrons. The predicted molar refractivity (Wildman–Crippen MR) is 170 cm³/mol. The first kappa shape index (κ1) is 34.9. The van der Waals surface area contributed by atoms with Crippen molar-refractivity contribution in [2.45, 2.75) is 77.8 Å². The minimum atomic E-state index is -1.42. The summed E-state index contributed by atoms with van der Waals surface area (Å²) >= 11 is 0. The van der Waals surface area contributed by atoms with Gasteiger partial charge in [0, 0.05) is 38.0 Å². The van der Waals surface area contributed by atoms with E-state index < -0.39 is 52.1 Å². The van der Waals surface area contributed by atoms with Gasteiger partial charge in [-0.05, 0) is 62.0 Å². The Morgan fingerprint density at radius 3 is 2.53 bits per heavy atom. The molecule has 4 rings (SSSR count). The average Bonchev–Trinajstić information content (AvgIpc) is 3.03. The zero-order valence-corrected chi connectivity index (χ0v) is 26.6. The summed E-state index contributed by atoms with van der Waals surface area (Å²) in [5, 5.41) is 21.3. The second-order valence-corrected chi connectivity index (χ2v) is 12.8. The van der Waals surface area contributed by atoms with Gasteiger partial charge in [-0.25, -0.2) is 0 Å². The van der Waals surface area contributed by atoms with E-state index in [1.165, 1.54) is 44.0 Å². The summed E-state index contributed by atoms with van der Waals surface area (Å²) in [6.07, 6.45) is 9.82. The molecule has 15 heteroatoms. The first-order valence-electron chi connectivity index (χ1n) is 15.9. The molecule has 3 atom stereocenters. The Bertz CT molecular complexity index is 1580. The van der Waals surface area contributed by atoms with Crippen molar-refractivity contribution in [1.29, 1.82) is 0 Å². The van der Waals surface area contributed by atoms with Crippen LogP contribution in [0.2, 0.25) is 0 Å².